The monoisotopic (exact) mass is 348 g/mol. The fourth-order valence-electron chi connectivity index (χ4n) is 3.16. The van der Waals surface area contributed by atoms with Crippen LogP contribution in [0.4, 0.5) is 0 Å². The second kappa shape index (κ2) is 6.50. The quantitative estimate of drug-likeness (QED) is 0.453. The summed E-state index contributed by atoms with van der Waals surface area (Å²) in [5.41, 5.74) is 3.01. The second-order valence-electron chi connectivity index (χ2n) is 6.26. The van der Waals surface area contributed by atoms with Crippen molar-refractivity contribution in [1.82, 2.24) is 19.5 Å². The molecule has 2 heterocycles. The summed E-state index contributed by atoms with van der Waals surface area (Å²) < 4.78 is 2.01. The van der Waals surface area contributed by atoms with Crippen molar-refractivity contribution in [3.05, 3.63) is 97.2 Å². The first-order valence-corrected chi connectivity index (χ1v) is 8.82. The maximum absolute atomic E-state index is 4.76. The van der Waals surface area contributed by atoms with Gasteiger partial charge in [0.1, 0.15) is 0 Å². The Morgan fingerprint density at radius 2 is 1.07 bits per heavy atom. The Morgan fingerprint density at radius 1 is 0.519 bits per heavy atom. The zero-order chi connectivity index (χ0) is 18.1. The van der Waals surface area contributed by atoms with E-state index in [1.165, 1.54) is 0 Å². The summed E-state index contributed by atoms with van der Waals surface area (Å²) in [4.78, 5) is 14.3. The van der Waals surface area contributed by atoms with Gasteiger partial charge in [-0.15, -0.1) is 0 Å². The minimum atomic E-state index is 0.615. The minimum absolute atomic E-state index is 0.615. The van der Waals surface area contributed by atoms with Gasteiger partial charge in [0.25, 0.3) is 0 Å². The Kier molecular flexibility index (Phi) is 3.72. The molecule has 0 aliphatic heterocycles. The molecule has 0 amide bonds. The first-order valence-electron chi connectivity index (χ1n) is 8.82. The van der Waals surface area contributed by atoms with Gasteiger partial charge in [0.15, 0.2) is 11.6 Å². The first-order chi connectivity index (χ1) is 13.4. The molecule has 128 valence electrons. The van der Waals surface area contributed by atoms with Crippen LogP contribution in [0.5, 0.6) is 0 Å². The Bertz CT molecular complexity index is 1150. The molecule has 0 saturated heterocycles. The molecule has 0 spiro atoms. The first kappa shape index (κ1) is 15.5. The van der Waals surface area contributed by atoms with Crippen LogP contribution in [-0.4, -0.2) is 19.5 Å². The maximum Gasteiger partial charge on any atom is 0.238 e. The number of rotatable bonds is 3. The summed E-state index contributed by atoms with van der Waals surface area (Å²) in [6, 6.07) is 30.3. The van der Waals surface area contributed by atoms with E-state index in [1.807, 2.05) is 83.6 Å². The highest BCUT2D eigenvalue weighted by Crippen LogP contribution is 2.24. The van der Waals surface area contributed by atoms with Gasteiger partial charge in [-0.3, -0.25) is 4.57 Å². The summed E-state index contributed by atoms with van der Waals surface area (Å²) >= 11 is 0. The van der Waals surface area contributed by atoms with Crippen molar-refractivity contribution < 1.29 is 0 Å². The summed E-state index contributed by atoms with van der Waals surface area (Å²) in [5.74, 6) is 1.94. The molecule has 5 aromatic rings. The van der Waals surface area contributed by atoms with E-state index in [1.54, 1.807) is 0 Å². The van der Waals surface area contributed by atoms with Crippen molar-refractivity contribution >= 4 is 10.9 Å². The third-order valence-corrected chi connectivity index (χ3v) is 4.50. The van der Waals surface area contributed by atoms with Gasteiger partial charge in [-0.2, -0.15) is 9.97 Å². The zero-order valence-corrected chi connectivity index (χ0v) is 14.5. The summed E-state index contributed by atoms with van der Waals surface area (Å²) in [6.45, 7) is 0. The lowest BCUT2D eigenvalue weighted by Gasteiger charge is -2.09. The molecule has 0 fully saturated rings. The summed E-state index contributed by atoms with van der Waals surface area (Å²) in [7, 11) is 0. The average Bonchev–Trinajstić information content (AvgIpc) is 3.19. The molecule has 2 aromatic heterocycles. The molecule has 0 aliphatic carbocycles. The molecule has 0 atom stereocenters. The molecule has 0 bridgehead atoms. The number of benzene rings is 3. The number of nitrogens with zero attached hydrogens (tertiary/aromatic N) is 4. The van der Waals surface area contributed by atoms with Crippen LogP contribution in [-0.2, 0) is 0 Å². The van der Waals surface area contributed by atoms with Gasteiger partial charge in [-0.1, -0.05) is 78.9 Å². The normalized spacial score (nSPS) is 11.0. The predicted molar refractivity (Wildman–Crippen MR) is 108 cm³/mol. The number of para-hydroxylation sites is 1. The van der Waals surface area contributed by atoms with Crippen LogP contribution in [0, 0.1) is 0 Å². The number of hydrogen-bond donors (Lipinski definition) is 0. The molecule has 0 unspecified atom stereocenters. The Balaban J connectivity index is 1.76. The third-order valence-electron chi connectivity index (χ3n) is 4.50. The highest BCUT2D eigenvalue weighted by atomic mass is 15.2. The van der Waals surface area contributed by atoms with Gasteiger partial charge in [-0.05, 0) is 12.1 Å². The van der Waals surface area contributed by atoms with Crippen LogP contribution in [0.3, 0.4) is 0 Å². The lowest BCUT2D eigenvalue weighted by molar-refractivity contribution is 0.933. The molecule has 4 nitrogen and oxygen atoms in total. The number of fused-ring (bicyclic) bond motifs is 1. The van der Waals surface area contributed by atoms with Crippen molar-refractivity contribution in [2.45, 2.75) is 0 Å². The van der Waals surface area contributed by atoms with Crippen LogP contribution in [0.2, 0.25) is 0 Å². The molecule has 0 aliphatic rings. The van der Waals surface area contributed by atoms with Crippen LogP contribution < -0.4 is 0 Å². The topological polar surface area (TPSA) is 43.6 Å². The van der Waals surface area contributed by atoms with E-state index in [4.69, 9.17) is 15.0 Å². The molecule has 0 N–H and O–H groups in total. The lowest BCUT2D eigenvalue weighted by atomic mass is 10.2. The van der Waals surface area contributed by atoms with E-state index in [2.05, 4.69) is 18.2 Å². The highest BCUT2D eigenvalue weighted by molar-refractivity contribution is 5.81. The van der Waals surface area contributed by atoms with Gasteiger partial charge >= 0.3 is 0 Å². The lowest BCUT2D eigenvalue weighted by Crippen LogP contribution is -2.05. The number of hydrogen-bond acceptors (Lipinski definition) is 3. The van der Waals surface area contributed by atoms with Gasteiger partial charge in [0.05, 0.1) is 5.52 Å². The van der Waals surface area contributed by atoms with Gasteiger partial charge in [0.2, 0.25) is 5.95 Å². The van der Waals surface area contributed by atoms with Crippen LogP contribution in [0.1, 0.15) is 0 Å². The van der Waals surface area contributed by atoms with E-state index >= 15 is 0 Å². The molecule has 3 aromatic carbocycles. The largest absolute Gasteiger partial charge is 0.285 e. The molecular weight excluding hydrogens is 332 g/mol. The van der Waals surface area contributed by atoms with Crippen LogP contribution in [0.25, 0.3) is 39.6 Å². The van der Waals surface area contributed by atoms with Gasteiger partial charge in [0, 0.05) is 22.7 Å². The fourth-order valence-corrected chi connectivity index (χ4v) is 3.16. The van der Waals surface area contributed by atoms with E-state index in [-0.39, 0.29) is 0 Å². The van der Waals surface area contributed by atoms with Gasteiger partial charge in [-0.25, -0.2) is 4.98 Å². The smallest absolute Gasteiger partial charge is 0.238 e. The fraction of sp³-hybridized carbons (Fsp3) is 0. The summed E-state index contributed by atoms with van der Waals surface area (Å²) in [5, 5.41) is 1.15. The predicted octanol–water partition coefficient (Wildman–Crippen LogP) is 5.15. The van der Waals surface area contributed by atoms with E-state index < -0.39 is 0 Å². The van der Waals surface area contributed by atoms with Crippen LogP contribution in [0.15, 0.2) is 97.2 Å². The minimum Gasteiger partial charge on any atom is -0.285 e. The average molecular weight is 348 g/mol. The SMILES string of the molecule is c1ccc(-c2nc(-c3ccccc3)nc(-n3ccc4ccccc43)n2)cc1. The van der Waals surface area contributed by atoms with Gasteiger partial charge < -0.3 is 0 Å². The zero-order valence-electron chi connectivity index (χ0n) is 14.5. The van der Waals surface area contributed by atoms with Crippen molar-refractivity contribution in [3.8, 4) is 28.7 Å². The van der Waals surface area contributed by atoms with Crippen molar-refractivity contribution in [1.29, 1.82) is 0 Å². The second-order valence-corrected chi connectivity index (χ2v) is 6.26. The summed E-state index contributed by atoms with van der Waals surface area (Å²) in [6.07, 6.45) is 2.00. The van der Waals surface area contributed by atoms with E-state index in [0.29, 0.717) is 17.6 Å². The maximum atomic E-state index is 4.76. The Hall–Kier alpha value is -3.79. The highest BCUT2D eigenvalue weighted by Gasteiger charge is 2.13. The third kappa shape index (κ3) is 2.87. The molecule has 27 heavy (non-hydrogen) atoms. The molecule has 4 heteroatoms. The van der Waals surface area contributed by atoms with Crippen LogP contribution >= 0.6 is 0 Å². The molecule has 5 rings (SSSR count). The standard InChI is InChI=1S/C23H16N4/c1-3-10-18(11-4-1)21-24-22(19-12-5-2-6-13-19)26-23(25-21)27-16-15-17-9-7-8-14-20(17)27/h1-16H. The molecule has 0 saturated carbocycles. The van der Waals surface area contributed by atoms with Crippen molar-refractivity contribution in [2.24, 2.45) is 0 Å². The van der Waals surface area contributed by atoms with E-state index in [9.17, 15) is 0 Å². The Morgan fingerprint density at radius 3 is 1.70 bits per heavy atom. The van der Waals surface area contributed by atoms with Crippen molar-refractivity contribution in [3.63, 3.8) is 0 Å². The Labute approximate surface area is 156 Å². The molecular formula is C23H16N4. The molecule has 0 radical (unpaired) electrons. The van der Waals surface area contributed by atoms with Crippen molar-refractivity contribution in [2.75, 3.05) is 0 Å². The number of aromatic nitrogens is 4. The van der Waals surface area contributed by atoms with E-state index in [0.717, 1.165) is 22.0 Å².